The highest BCUT2D eigenvalue weighted by Gasteiger charge is 2.26. The summed E-state index contributed by atoms with van der Waals surface area (Å²) in [4.78, 5) is 19.9. The molecule has 0 aliphatic carbocycles. The summed E-state index contributed by atoms with van der Waals surface area (Å²) in [6.45, 7) is 5.39. The number of thioether (sulfide) groups is 1. The van der Waals surface area contributed by atoms with Crippen molar-refractivity contribution in [1.82, 2.24) is 10.2 Å². The van der Waals surface area contributed by atoms with Crippen LogP contribution in [0.4, 0.5) is 0 Å². The molecule has 0 radical (unpaired) electrons. The Labute approximate surface area is 148 Å². The second-order valence-electron chi connectivity index (χ2n) is 5.68. The molecule has 0 spiro atoms. The number of rotatable bonds is 6. The summed E-state index contributed by atoms with van der Waals surface area (Å²) in [6, 6.07) is 10.4. The molecule has 0 atom stereocenters. The number of hydrogen-bond acceptors (Lipinski definition) is 4. The molecule has 5 nitrogen and oxygen atoms in total. The van der Waals surface area contributed by atoms with Crippen LogP contribution in [0, 0.1) is 5.92 Å². The zero-order valence-corrected chi connectivity index (χ0v) is 15.3. The molecule has 1 fully saturated rings. The quantitative estimate of drug-likeness (QED) is 0.281. The molecule has 1 N–H and O–H groups in total. The van der Waals surface area contributed by atoms with Gasteiger partial charge in [0.25, 0.3) is 0 Å². The Kier molecular flexibility index (Phi) is 7.95. The van der Waals surface area contributed by atoms with Crippen molar-refractivity contribution in [1.29, 1.82) is 0 Å². The smallest absolute Gasteiger partial charge is 0.308 e. The third kappa shape index (κ3) is 5.74. The first-order chi connectivity index (χ1) is 11.7. The molecule has 0 saturated carbocycles. The molecule has 0 unspecified atom stereocenters. The monoisotopic (exact) mass is 349 g/mol. The van der Waals surface area contributed by atoms with E-state index in [2.05, 4.69) is 41.4 Å². The van der Waals surface area contributed by atoms with Gasteiger partial charge in [0.05, 0.1) is 19.6 Å². The zero-order chi connectivity index (χ0) is 17.2. The predicted molar refractivity (Wildman–Crippen MR) is 99.5 cm³/mol. The summed E-state index contributed by atoms with van der Waals surface area (Å²) >= 11 is 1.82. The number of ether oxygens (including phenoxy) is 1. The molecule has 6 heteroatoms. The minimum absolute atomic E-state index is 0.0303. The summed E-state index contributed by atoms with van der Waals surface area (Å²) < 4.78 is 4.85. The van der Waals surface area contributed by atoms with Crippen molar-refractivity contribution in [3.8, 4) is 0 Å². The molecule has 24 heavy (non-hydrogen) atoms. The van der Waals surface area contributed by atoms with Gasteiger partial charge in [0.2, 0.25) is 0 Å². The van der Waals surface area contributed by atoms with Gasteiger partial charge >= 0.3 is 5.97 Å². The standard InChI is InChI=1S/C18H27N3O2S/c1-3-19-18(20-11-14-24-16-7-5-4-6-8-16)21-12-9-15(10-13-21)17(22)23-2/h4-8,15H,3,9-14H2,1-2H3,(H,19,20). The third-order valence-electron chi connectivity index (χ3n) is 4.03. The highest BCUT2D eigenvalue weighted by molar-refractivity contribution is 7.99. The van der Waals surface area contributed by atoms with Crippen LogP contribution in [-0.4, -0.2) is 55.9 Å². The van der Waals surface area contributed by atoms with E-state index in [4.69, 9.17) is 9.73 Å². The van der Waals surface area contributed by atoms with Crippen molar-refractivity contribution < 1.29 is 9.53 Å². The summed E-state index contributed by atoms with van der Waals surface area (Å²) in [5, 5.41) is 3.36. The number of benzene rings is 1. The van der Waals surface area contributed by atoms with Gasteiger partial charge < -0.3 is 15.0 Å². The number of carbonyl (C=O) groups excluding carboxylic acids is 1. The van der Waals surface area contributed by atoms with Crippen molar-refractivity contribution >= 4 is 23.7 Å². The van der Waals surface area contributed by atoms with Gasteiger partial charge in [-0.2, -0.15) is 0 Å². The number of carbonyl (C=O) groups is 1. The molecule has 1 aromatic carbocycles. The van der Waals surface area contributed by atoms with E-state index < -0.39 is 0 Å². The first-order valence-electron chi connectivity index (χ1n) is 8.53. The summed E-state index contributed by atoms with van der Waals surface area (Å²) in [7, 11) is 1.46. The van der Waals surface area contributed by atoms with E-state index in [1.165, 1.54) is 12.0 Å². The van der Waals surface area contributed by atoms with Crippen molar-refractivity contribution in [2.75, 3.05) is 39.0 Å². The molecule has 1 aromatic rings. The number of nitrogens with zero attached hydrogens (tertiary/aromatic N) is 2. The van der Waals surface area contributed by atoms with Crippen LogP contribution in [0.25, 0.3) is 0 Å². The molecule has 0 aromatic heterocycles. The minimum Gasteiger partial charge on any atom is -0.469 e. The van der Waals surface area contributed by atoms with E-state index in [0.29, 0.717) is 0 Å². The highest BCUT2D eigenvalue weighted by atomic mass is 32.2. The first-order valence-corrected chi connectivity index (χ1v) is 9.52. The van der Waals surface area contributed by atoms with Crippen LogP contribution in [0.1, 0.15) is 19.8 Å². The Morgan fingerprint density at radius 3 is 2.67 bits per heavy atom. The molecule has 1 heterocycles. The summed E-state index contributed by atoms with van der Waals surface area (Å²) in [5.74, 6) is 1.85. The van der Waals surface area contributed by atoms with E-state index >= 15 is 0 Å². The average Bonchev–Trinajstić information content (AvgIpc) is 2.64. The zero-order valence-electron chi connectivity index (χ0n) is 14.5. The molecule has 0 bridgehead atoms. The number of aliphatic imine (C=N–C) groups is 1. The Balaban J connectivity index is 1.81. The van der Waals surface area contributed by atoms with Gasteiger partial charge in [0, 0.05) is 30.3 Å². The van der Waals surface area contributed by atoms with Crippen LogP contribution < -0.4 is 5.32 Å². The third-order valence-corrected chi connectivity index (χ3v) is 5.02. The highest BCUT2D eigenvalue weighted by Crippen LogP contribution is 2.19. The fraction of sp³-hybridized carbons (Fsp3) is 0.556. The van der Waals surface area contributed by atoms with Gasteiger partial charge in [-0.25, -0.2) is 0 Å². The molecule has 1 aliphatic rings. The predicted octanol–water partition coefficient (Wildman–Crippen LogP) is 2.63. The van der Waals surface area contributed by atoms with Crippen LogP contribution >= 0.6 is 11.8 Å². The fourth-order valence-electron chi connectivity index (χ4n) is 2.75. The lowest BCUT2D eigenvalue weighted by Crippen LogP contribution is -2.46. The van der Waals surface area contributed by atoms with Crippen molar-refractivity contribution in [3.63, 3.8) is 0 Å². The Bertz CT molecular complexity index is 528. The number of hydrogen-bond donors (Lipinski definition) is 1. The second kappa shape index (κ2) is 10.2. The van der Waals surface area contributed by atoms with E-state index in [9.17, 15) is 4.79 Å². The first kappa shape index (κ1) is 18.6. The van der Waals surface area contributed by atoms with Crippen LogP contribution in [0.2, 0.25) is 0 Å². The second-order valence-corrected chi connectivity index (χ2v) is 6.85. The van der Waals surface area contributed by atoms with Crippen LogP contribution in [0.5, 0.6) is 0 Å². The Hall–Kier alpha value is -1.69. The number of likely N-dealkylation sites (tertiary alicyclic amines) is 1. The van der Waals surface area contributed by atoms with Gasteiger partial charge in [-0.1, -0.05) is 18.2 Å². The van der Waals surface area contributed by atoms with Gasteiger partial charge in [0.1, 0.15) is 0 Å². The summed E-state index contributed by atoms with van der Waals surface area (Å²) in [6.07, 6.45) is 1.66. The van der Waals surface area contributed by atoms with E-state index in [1.54, 1.807) is 0 Å². The van der Waals surface area contributed by atoms with Gasteiger partial charge in [-0.15, -0.1) is 11.8 Å². The normalized spacial score (nSPS) is 16.1. The van der Waals surface area contributed by atoms with Crippen LogP contribution in [0.15, 0.2) is 40.2 Å². The van der Waals surface area contributed by atoms with Crippen molar-refractivity contribution in [3.05, 3.63) is 30.3 Å². The van der Waals surface area contributed by atoms with Crippen LogP contribution in [-0.2, 0) is 9.53 Å². The fourth-order valence-corrected chi connectivity index (χ4v) is 3.52. The van der Waals surface area contributed by atoms with E-state index in [-0.39, 0.29) is 11.9 Å². The molecule has 1 aliphatic heterocycles. The number of piperidine rings is 1. The Morgan fingerprint density at radius 2 is 2.04 bits per heavy atom. The number of guanidine groups is 1. The van der Waals surface area contributed by atoms with Crippen molar-refractivity contribution in [2.45, 2.75) is 24.7 Å². The van der Waals surface area contributed by atoms with Gasteiger partial charge in [0.15, 0.2) is 5.96 Å². The summed E-state index contributed by atoms with van der Waals surface area (Å²) in [5.41, 5.74) is 0. The number of nitrogens with one attached hydrogen (secondary N) is 1. The average molecular weight is 350 g/mol. The molecule has 0 amide bonds. The van der Waals surface area contributed by atoms with E-state index in [0.717, 1.165) is 50.7 Å². The molecule has 1 saturated heterocycles. The van der Waals surface area contributed by atoms with Gasteiger partial charge in [-0.3, -0.25) is 9.79 Å². The lowest BCUT2D eigenvalue weighted by atomic mass is 9.97. The maximum Gasteiger partial charge on any atom is 0.308 e. The molecular weight excluding hydrogens is 322 g/mol. The molecule has 2 rings (SSSR count). The lowest BCUT2D eigenvalue weighted by Gasteiger charge is -2.33. The molecular formula is C18H27N3O2S. The van der Waals surface area contributed by atoms with Gasteiger partial charge in [-0.05, 0) is 31.9 Å². The largest absolute Gasteiger partial charge is 0.469 e. The van der Waals surface area contributed by atoms with E-state index in [1.807, 2.05) is 17.8 Å². The SMILES string of the molecule is CCNC(=NCCSc1ccccc1)N1CCC(C(=O)OC)CC1. The van der Waals surface area contributed by atoms with Crippen LogP contribution in [0.3, 0.4) is 0 Å². The maximum atomic E-state index is 11.6. The Morgan fingerprint density at radius 1 is 1.33 bits per heavy atom. The lowest BCUT2D eigenvalue weighted by molar-refractivity contribution is -0.146. The maximum absolute atomic E-state index is 11.6. The number of esters is 1. The number of methoxy groups -OCH3 is 1. The minimum atomic E-state index is -0.0872. The molecule has 132 valence electrons. The topological polar surface area (TPSA) is 53.9 Å². The van der Waals surface area contributed by atoms with Crippen molar-refractivity contribution in [2.24, 2.45) is 10.9 Å².